The first-order valence-corrected chi connectivity index (χ1v) is 9.18. The summed E-state index contributed by atoms with van der Waals surface area (Å²) in [5.41, 5.74) is 2.36. The molecule has 0 fully saturated rings. The van der Waals surface area contributed by atoms with Crippen LogP contribution in [0.2, 0.25) is 0 Å². The highest BCUT2D eigenvalue weighted by atomic mass is 32.2. The van der Waals surface area contributed by atoms with Crippen LogP contribution in [0.1, 0.15) is 31.1 Å². The van der Waals surface area contributed by atoms with Gasteiger partial charge in [0.1, 0.15) is 5.76 Å². The lowest BCUT2D eigenvalue weighted by Gasteiger charge is -2.15. The second kappa shape index (κ2) is 8.07. The number of thioether (sulfide) groups is 1. The van der Waals surface area contributed by atoms with Crippen molar-refractivity contribution in [3.8, 4) is 5.69 Å². The Morgan fingerprint density at radius 3 is 2.88 bits per heavy atom. The molecule has 0 aliphatic rings. The van der Waals surface area contributed by atoms with Crippen LogP contribution in [0.15, 0.2) is 64.6 Å². The molecule has 0 bridgehead atoms. The monoisotopic (exact) mass is 355 g/mol. The molecule has 1 N–H and O–H groups in total. The standard InChI is InChI=1S/C19H21N3O2S/c1-14(2)16-7-3-4-8-17(16)22-10-9-20-19(22)25-13-18(23)21-12-15-6-5-11-24-15/h3-11,14H,12-13H2,1-2H3,(H,21,23). The third-order valence-electron chi connectivity index (χ3n) is 3.80. The molecule has 0 aliphatic heterocycles. The molecule has 0 radical (unpaired) electrons. The molecule has 3 aromatic rings. The number of imidazole rings is 1. The van der Waals surface area contributed by atoms with E-state index in [0.29, 0.717) is 18.2 Å². The van der Waals surface area contributed by atoms with Crippen LogP contribution >= 0.6 is 11.8 Å². The maximum Gasteiger partial charge on any atom is 0.230 e. The molecule has 0 aliphatic carbocycles. The number of nitrogens with one attached hydrogen (secondary N) is 1. The van der Waals surface area contributed by atoms with Crippen LogP contribution in [-0.2, 0) is 11.3 Å². The van der Waals surface area contributed by atoms with Crippen molar-refractivity contribution in [2.24, 2.45) is 0 Å². The number of hydrogen-bond acceptors (Lipinski definition) is 4. The van der Waals surface area contributed by atoms with E-state index in [9.17, 15) is 4.79 Å². The molecule has 6 heteroatoms. The minimum absolute atomic E-state index is 0.0481. The number of rotatable bonds is 7. The van der Waals surface area contributed by atoms with E-state index in [4.69, 9.17) is 4.42 Å². The Bertz CT molecular complexity index is 825. The van der Waals surface area contributed by atoms with Gasteiger partial charge in [-0.25, -0.2) is 4.98 Å². The van der Waals surface area contributed by atoms with Crippen molar-refractivity contribution in [2.45, 2.75) is 31.5 Å². The highest BCUT2D eigenvalue weighted by Crippen LogP contribution is 2.27. The molecule has 2 heterocycles. The zero-order chi connectivity index (χ0) is 17.6. The Labute approximate surface area is 151 Å². The molecule has 130 valence electrons. The van der Waals surface area contributed by atoms with Gasteiger partial charge in [0.2, 0.25) is 5.91 Å². The molecule has 25 heavy (non-hydrogen) atoms. The predicted octanol–water partition coefficient (Wildman–Crippen LogP) is 4.00. The van der Waals surface area contributed by atoms with E-state index in [-0.39, 0.29) is 5.91 Å². The number of hydrogen-bond donors (Lipinski definition) is 1. The van der Waals surface area contributed by atoms with Crippen molar-refractivity contribution in [1.29, 1.82) is 0 Å². The Hall–Kier alpha value is -2.47. The van der Waals surface area contributed by atoms with Gasteiger partial charge in [0, 0.05) is 12.4 Å². The summed E-state index contributed by atoms with van der Waals surface area (Å²) in [6.45, 7) is 4.74. The van der Waals surface area contributed by atoms with Gasteiger partial charge >= 0.3 is 0 Å². The van der Waals surface area contributed by atoms with E-state index >= 15 is 0 Å². The second-order valence-corrected chi connectivity index (χ2v) is 6.88. The molecular weight excluding hydrogens is 334 g/mol. The van der Waals surface area contributed by atoms with Gasteiger partial charge in [0.05, 0.1) is 24.2 Å². The molecular formula is C19H21N3O2S. The molecule has 1 amide bonds. The summed E-state index contributed by atoms with van der Waals surface area (Å²) in [5, 5.41) is 3.65. The first-order valence-electron chi connectivity index (χ1n) is 8.19. The number of carbonyl (C=O) groups is 1. The van der Waals surface area contributed by atoms with Crippen molar-refractivity contribution in [2.75, 3.05) is 5.75 Å². The van der Waals surface area contributed by atoms with Gasteiger partial charge in [-0.3, -0.25) is 9.36 Å². The summed E-state index contributed by atoms with van der Waals surface area (Å²) in [4.78, 5) is 16.4. The van der Waals surface area contributed by atoms with Gasteiger partial charge in [0.25, 0.3) is 0 Å². The largest absolute Gasteiger partial charge is 0.467 e. The van der Waals surface area contributed by atoms with E-state index in [1.807, 2.05) is 29.0 Å². The number of carbonyl (C=O) groups excluding carboxylic acids is 1. The minimum atomic E-state index is -0.0481. The lowest BCUT2D eigenvalue weighted by atomic mass is 10.0. The maximum atomic E-state index is 12.0. The Morgan fingerprint density at radius 1 is 1.28 bits per heavy atom. The fourth-order valence-corrected chi connectivity index (χ4v) is 3.35. The maximum absolute atomic E-state index is 12.0. The zero-order valence-electron chi connectivity index (χ0n) is 14.3. The van der Waals surface area contributed by atoms with Crippen LogP contribution in [0.25, 0.3) is 5.69 Å². The number of nitrogens with zero attached hydrogens (tertiary/aromatic N) is 2. The van der Waals surface area contributed by atoms with Crippen molar-refractivity contribution in [1.82, 2.24) is 14.9 Å². The lowest BCUT2D eigenvalue weighted by molar-refractivity contribution is -0.118. The third-order valence-corrected chi connectivity index (χ3v) is 4.76. The normalized spacial score (nSPS) is 11.0. The van der Waals surface area contributed by atoms with Gasteiger partial charge in [-0.2, -0.15) is 0 Å². The van der Waals surface area contributed by atoms with E-state index in [1.165, 1.54) is 17.3 Å². The quantitative estimate of drug-likeness (QED) is 0.651. The summed E-state index contributed by atoms with van der Waals surface area (Å²) < 4.78 is 7.25. The van der Waals surface area contributed by atoms with E-state index < -0.39 is 0 Å². The number of para-hydroxylation sites is 1. The number of furan rings is 1. The summed E-state index contributed by atoms with van der Waals surface area (Å²) in [5.74, 6) is 1.41. The van der Waals surface area contributed by atoms with E-state index in [1.54, 1.807) is 18.5 Å². The van der Waals surface area contributed by atoms with Crippen molar-refractivity contribution in [3.63, 3.8) is 0 Å². The molecule has 0 spiro atoms. The predicted molar refractivity (Wildman–Crippen MR) is 98.9 cm³/mol. The van der Waals surface area contributed by atoms with Crippen LogP contribution in [-0.4, -0.2) is 21.2 Å². The molecule has 3 rings (SSSR count). The van der Waals surface area contributed by atoms with Crippen LogP contribution in [0.4, 0.5) is 0 Å². The topological polar surface area (TPSA) is 60.1 Å². The number of benzene rings is 1. The highest BCUT2D eigenvalue weighted by molar-refractivity contribution is 7.99. The van der Waals surface area contributed by atoms with Gasteiger partial charge in [-0.15, -0.1) is 0 Å². The molecule has 0 unspecified atom stereocenters. The summed E-state index contributed by atoms with van der Waals surface area (Å²) in [6.07, 6.45) is 5.30. The zero-order valence-corrected chi connectivity index (χ0v) is 15.1. The number of aromatic nitrogens is 2. The van der Waals surface area contributed by atoms with Crippen molar-refractivity contribution >= 4 is 17.7 Å². The fourth-order valence-electron chi connectivity index (χ4n) is 2.56. The Balaban J connectivity index is 1.65. The molecule has 0 atom stereocenters. The average Bonchev–Trinajstić information content (AvgIpc) is 3.29. The highest BCUT2D eigenvalue weighted by Gasteiger charge is 2.13. The lowest BCUT2D eigenvalue weighted by Crippen LogP contribution is -2.24. The second-order valence-electron chi connectivity index (χ2n) is 5.94. The van der Waals surface area contributed by atoms with Crippen LogP contribution in [0.5, 0.6) is 0 Å². The Kier molecular flexibility index (Phi) is 5.60. The SMILES string of the molecule is CC(C)c1ccccc1-n1ccnc1SCC(=O)NCc1ccco1. The van der Waals surface area contributed by atoms with Gasteiger partial charge in [-0.1, -0.05) is 43.8 Å². The summed E-state index contributed by atoms with van der Waals surface area (Å²) in [6, 6.07) is 11.9. The third kappa shape index (κ3) is 4.33. The van der Waals surface area contributed by atoms with Crippen LogP contribution < -0.4 is 5.32 Å². The van der Waals surface area contributed by atoms with Crippen LogP contribution in [0.3, 0.4) is 0 Å². The van der Waals surface area contributed by atoms with E-state index in [2.05, 4.69) is 36.3 Å². The van der Waals surface area contributed by atoms with Crippen molar-refractivity contribution in [3.05, 3.63) is 66.4 Å². The minimum Gasteiger partial charge on any atom is -0.467 e. The molecule has 0 saturated carbocycles. The number of amides is 1. The molecule has 2 aromatic heterocycles. The summed E-state index contributed by atoms with van der Waals surface area (Å²) >= 11 is 1.42. The summed E-state index contributed by atoms with van der Waals surface area (Å²) in [7, 11) is 0. The van der Waals surface area contributed by atoms with Gasteiger partial charge < -0.3 is 9.73 Å². The fraction of sp³-hybridized carbons (Fsp3) is 0.263. The van der Waals surface area contributed by atoms with Crippen molar-refractivity contribution < 1.29 is 9.21 Å². The smallest absolute Gasteiger partial charge is 0.230 e. The molecule has 1 aromatic carbocycles. The van der Waals surface area contributed by atoms with E-state index in [0.717, 1.165) is 16.6 Å². The van der Waals surface area contributed by atoms with Gasteiger partial charge in [-0.05, 0) is 29.7 Å². The molecule has 0 saturated heterocycles. The average molecular weight is 355 g/mol. The first-order chi connectivity index (χ1) is 12.1. The van der Waals surface area contributed by atoms with Gasteiger partial charge in [0.15, 0.2) is 5.16 Å². The first kappa shape index (κ1) is 17.4. The molecule has 5 nitrogen and oxygen atoms in total. The van der Waals surface area contributed by atoms with Crippen LogP contribution in [0, 0.1) is 0 Å². The Morgan fingerprint density at radius 2 is 2.12 bits per heavy atom.